The Bertz CT molecular complexity index is 1830. The fourth-order valence-corrected chi connectivity index (χ4v) is 11.3. The van der Waals surface area contributed by atoms with E-state index in [2.05, 4.69) is 72.8 Å². The lowest BCUT2D eigenvalue weighted by molar-refractivity contribution is -0.161. The summed E-state index contributed by atoms with van der Waals surface area (Å²) in [5.74, 6) is 0.0386. The maximum absolute atomic E-state index is 13.0. The number of phosphoric ester groups is 2. The quantitative estimate of drug-likeness (QED) is 0.0169. The molecule has 88 heavy (non-hydrogen) atoms. The van der Waals surface area contributed by atoms with Gasteiger partial charge in [0.1, 0.15) is 19.3 Å². The van der Waals surface area contributed by atoms with Crippen LogP contribution < -0.4 is 0 Å². The van der Waals surface area contributed by atoms with Crippen molar-refractivity contribution in [3.63, 3.8) is 0 Å². The first kappa shape index (κ1) is 85.5. The Kier molecular flexibility index (Phi) is 57.9. The Morgan fingerprint density at radius 2 is 0.670 bits per heavy atom. The maximum atomic E-state index is 13.0. The van der Waals surface area contributed by atoms with Crippen molar-refractivity contribution in [3.05, 3.63) is 24.3 Å². The van der Waals surface area contributed by atoms with E-state index in [1.165, 1.54) is 109 Å². The van der Waals surface area contributed by atoms with Crippen molar-refractivity contribution in [3.8, 4) is 0 Å². The van der Waals surface area contributed by atoms with E-state index in [4.69, 9.17) is 37.0 Å². The molecular formula is C69H130O17P2. The highest BCUT2D eigenvalue weighted by molar-refractivity contribution is 7.47. The molecule has 17 nitrogen and oxygen atoms in total. The summed E-state index contributed by atoms with van der Waals surface area (Å²) >= 11 is 0. The number of unbranched alkanes of at least 4 members (excludes halogenated alkanes) is 28. The first-order valence-corrected chi connectivity index (χ1v) is 38.2. The minimum atomic E-state index is -4.96. The lowest BCUT2D eigenvalue weighted by atomic mass is 9.99. The molecule has 0 aliphatic rings. The highest BCUT2D eigenvalue weighted by atomic mass is 31.2. The standard InChI is InChI=1S/C69H130O17P2/c1-8-11-12-13-14-15-16-17-18-19-20-25-28-38-45-52-68(73)85-64(57-80-67(72)51-44-37-31-29-33-40-47-60(4)5)58-83-87(75,76)81-54-63(70)55-82-88(77,78)84-59-65(86-69(74)53-46-39-32-30-35-42-49-62(7)10-3)56-79-66(71)50-43-36-27-24-22-21-23-26-34-41-48-61(6)9-2/h15-18,60-65,70H,8-14,19-59H2,1-7H3,(H,75,76)(H,77,78)/b16-15-,18-17-/t61?,62?,63-,64+,65+/m0/s1. The molecule has 0 aromatic rings. The van der Waals surface area contributed by atoms with E-state index in [9.17, 15) is 43.2 Å². The second kappa shape index (κ2) is 59.5. The van der Waals surface area contributed by atoms with E-state index in [0.29, 0.717) is 31.6 Å². The topological polar surface area (TPSA) is 237 Å². The zero-order valence-corrected chi connectivity index (χ0v) is 58.5. The molecule has 0 aromatic carbocycles. The van der Waals surface area contributed by atoms with Gasteiger partial charge in [-0.05, 0) is 69.1 Å². The van der Waals surface area contributed by atoms with E-state index in [0.717, 1.165) is 121 Å². The molecular weight excluding hydrogens is 1160 g/mol. The van der Waals surface area contributed by atoms with Gasteiger partial charge in [-0.15, -0.1) is 0 Å². The second-order valence-electron chi connectivity index (χ2n) is 25.2. The van der Waals surface area contributed by atoms with Gasteiger partial charge in [0.15, 0.2) is 12.2 Å². The van der Waals surface area contributed by atoms with Crippen LogP contribution >= 0.6 is 15.6 Å². The number of allylic oxidation sites excluding steroid dienone is 4. The summed E-state index contributed by atoms with van der Waals surface area (Å²) < 4.78 is 68.1. The third-order valence-electron chi connectivity index (χ3n) is 16.0. The zero-order valence-electron chi connectivity index (χ0n) is 56.7. The second-order valence-corrected chi connectivity index (χ2v) is 28.1. The first-order chi connectivity index (χ1) is 42.3. The van der Waals surface area contributed by atoms with Crippen LogP contribution in [-0.4, -0.2) is 96.7 Å². The Hall–Kier alpha value is -2.46. The Balaban J connectivity index is 5.27. The van der Waals surface area contributed by atoms with E-state index < -0.39 is 97.5 Å². The van der Waals surface area contributed by atoms with Crippen molar-refractivity contribution in [1.82, 2.24) is 0 Å². The summed E-state index contributed by atoms with van der Waals surface area (Å²) in [5, 5.41) is 10.6. The number of ether oxygens (including phenoxy) is 4. The van der Waals surface area contributed by atoms with Gasteiger partial charge >= 0.3 is 39.5 Å². The number of hydrogen-bond acceptors (Lipinski definition) is 15. The van der Waals surface area contributed by atoms with Crippen LogP contribution in [0.4, 0.5) is 0 Å². The molecule has 0 fully saturated rings. The molecule has 19 heteroatoms. The van der Waals surface area contributed by atoms with Crippen molar-refractivity contribution >= 4 is 39.5 Å². The van der Waals surface area contributed by atoms with Crippen LogP contribution in [0.3, 0.4) is 0 Å². The zero-order chi connectivity index (χ0) is 65.2. The fraction of sp³-hybridized carbons (Fsp3) is 0.884. The maximum Gasteiger partial charge on any atom is 0.472 e. The Labute approximate surface area is 535 Å². The number of hydrogen-bond donors (Lipinski definition) is 3. The average molecular weight is 1290 g/mol. The van der Waals surface area contributed by atoms with E-state index in [1.54, 1.807) is 0 Å². The predicted molar refractivity (Wildman–Crippen MR) is 354 cm³/mol. The normalized spacial score (nSPS) is 15.0. The van der Waals surface area contributed by atoms with Crippen LogP contribution in [0, 0.1) is 17.8 Å². The lowest BCUT2D eigenvalue weighted by Gasteiger charge is -2.21. The van der Waals surface area contributed by atoms with Gasteiger partial charge in [-0.3, -0.25) is 37.3 Å². The van der Waals surface area contributed by atoms with Crippen LogP contribution in [0.1, 0.15) is 318 Å². The molecule has 0 aliphatic heterocycles. The third-order valence-corrected chi connectivity index (χ3v) is 17.9. The molecule has 0 spiro atoms. The number of rotatable bonds is 65. The molecule has 0 rings (SSSR count). The van der Waals surface area contributed by atoms with Crippen molar-refractivity contribution in [2.75, 3.05) is 39.6 Å². The van der Waals surface area contributed by atoms with Crippen LogP contribution in [0.25, 0.3) is 0 Å². The minimum Gasteiger partial charge on any atom is -0.462 e. The van der Waals surface area contributed by atoms with E-state index in [-0.39, 0.29) is 25.7 Å². The molecule has 0 aromatic heterocycles. The monoisotopic (exact) mass is 1290 g/mol. The van der Waals surface area contributed by atoms with Crippen LogP contribution in [-0.2, 0) is 65.4 Å². The Morgan fingerprint density at radius 1 is 0.375 bits per heavy atom. The van der Waals surface area contributed by atoms with Gasteiger partial charge in [-0.1, -0.05) is 265 Å². The predicted octanol–water partition coefficient (Wildman–Crippen LogP) is 19.0. The molecule has 0 bridgehead atoms. The molecule has 7 atom stereocenters. The van der Waals surface area contributed by atoms with Crippen molar-refractivity contribution < 1.29 is 80.2 Å². The molecule has 0 heterocycles. The largest absolute Gasteiger partial charge is 0.472 e. The molecule has 3 N–H and O–H groups in total. The van der Waals surface area contributed by atoms with Crippen LogP contribution in [0.5, 0.6) is 0 Å². The number of aliphatic hydroxyl groups excluding tert-OH is 1. The van der Waals surface area contributed by atoms with Gasteiger partial charge in [0.2, 0.25) is 0 Å². The highest BCUT2D eigenvalue weighted by Crippen LogP contribution is 2.45. The van der Waals surface area contributed by atoms with E-state index in [1.807, 2.05) is 0 Å². The highest BCUT2D eigenvalue weighted by Gasteiger charge is 2.30. The number of esters is 4. The van der Waals surface area contributed by atoms with Crippen molar-refractivity contribution in [2.24, 2.45) is 17.8 Å². The molecule has 0 amide bonds. The van der Waals surface area contributed by atoms with Gasteiger partial charge in [0, 0.05) is 25.7 Å². The van der Waals surface area contributed by atoms with Gasteiger partial charge in [-0.25, -0.2) is 9.13 Å². The Morgan fingerprint density at radius 3 is 1.01 bits per heavy atom. The van der Waals surface area contributed by atoms with Crippen molar-refractivity contribution in [2.45, 2.75) is 336 Å². The smallest absolute Gasteiger partial charge is 0.462 e. The summed E-state index contributed by atoms with van der Waals surface area (Å²) in [5.41, 5.74) is 0. The van der Waals surface area contributed by atoms with Gasteiger partial charge in [-0.2, -0.15) is 0 Å². The number of aliphatic hydroxyl groups is 1. The molecule has 518 valence electrons. The fourth-order valence-electron chi connectivity index (χ4n) is 9.76. The number of carbonyl (C=O) groups is 4. The number of phosphoric acid groups is 2. The molecule has 0 radical (unpaired) electrons. The van der Waals surface area contributed by atoms with E-state index >= 15 is 0 Å². The third kappa shape index (κ3) is 59.8. The molecule has 0 saturated heterocycles. The first-order valence-electron chi connectivity index (χ1n) is 35.2. The van der Waals surface area contributed by atoms with Crippen LogP contribution in [0.15, 0.2) is 24.3 Å². The minimum absolute atomic E-state index is 0.0833. The van der Waals surface area contributed by atoms with Gasteiger partial charge in [0.05, 0.1) is 26.4 Å². The summed E-state index contributed by atoms with van der Waals surface area (Å²) in [6, 6.07) is 0. The van der Waals surface area contributed by atoms with Crippen molar-refractivity contribution in [1.29, 1.82) is 0 Å². The molecule has 0 aliphatic carbocycles. The average Bonchev–Trinajstić information content (AvgIpc) is 3.70. The SMILES string of the molecule is CCCCCC/C=C\C=C/CCCCCCCC(=O)O[C@H](COC(=O)CCCCCCCCC(C)C)COP(=O)(O)OC[C@H](O)COP(=O)(O)OC[C@@H](COC(=O)CCCCCCCCCCCCC(C)CC)OC(=O)CCCCCCCCC(C)CC. The number of carbonyl (C=O) groups excluding carboxylic acids is 4. The summed E-state index contributed by atoms with van der Waals surface area (Å²) in [7, 11) is -9.91. The van der Waals surface area contributed by atoms with Crippen LogP contribution in [0.2, 0.25) is 0 Å². The summed E-state index contributed by atoms with van der Waals surface area (Å²) in [6.07, 6.45) is 45.4. The lowest BCUT2D eigenvalue weighted by Crippen LogP contribution is -2.30. The van der Waals surface area contributed by atoms with Gasteiger partial charge < -0.3 is 33.8 Å². The molecule has 0 saturated carbocycles. The molecule has 4 unspecified atom stereocenters. The summed E-state index contributed by atoms with van der Waals surface area (Å²) in [6.45, 7) is 11.7. The van der Waals surface area contributed by atoms with Gasteiger partial charge in [0.25, 0.3) is 0 Å². The summed E-state index contributed by atoms with van der Waals surface area (Å²) in [4.78, 5) is 72.4.